The van der Waals surface area contributed by atoms with Gasteiger partial charge in [-0.25, -0.2) is 4.39 Å². The molecule has 0 saturated heterocycles. The van der Waals surface area contributed by atoms with E-state index in [2.05, 4.69) is 5.32 Å². The molecule has 2 N–H and O–H groups in total. The van der Waals surface area contributed by atoms with Crippen LogP contribution in [0.25, 0.3) is 0 Å². The van der Waals surface area contributed by atoms with E-state index in [4.69, 9.17) is 4.74 Å². The Morgan fingerprint density at radius 2 is 2.05 bits per heavy atom. The summed E-state index contributed by atoms with van der Waals surface area (Å²) in [5, 5.41) is 13.1. The van der Waals surface area contributed by atoms with Gasteiger partial charge in [-0.05, 0) is 30.7 Å². The third kappa shape index (κ3) is 2.96. The molecule has 0 aromatic heterocycles. The maximum Gasteiger partial charge on any atom is 0.162 e. The number of hydrogen-bond donors (Lipinski definition) is 2. The molecule has 0 bridgehead atoms. The van der Waals surface area contributed by atoms with Crippen molar-refractivity contribution in [2.24, 2.45) is 0 Å². The van der Waals surface area contributed by atoms with Crippen LogP contribution in [0.4, 0.5) is 10.1 Å². The summed E-state index contributed by atoms with van der Waals surface area (Å²) in [4.78, 5) is 0. The average molecular weight is 261 g/mol. The lowest BCUT2D eigenvalue weighted by Gasteiger charge is -2.12. The van der Waals surface area contributed by atoms with Crippen LogP contribution in [0.3, 0.4) is 0 Å². The lowest BCUT2D eigenvalue weighted by molar-refractivity contribution is 0.371. The molecule has 3 nitrogen and oxygen atoms in total. The Kier molecular flexibility index (Phi) is 3.90. The quantitative estimate of drug-likeness (QED) is 0.885. The number of phenolic OH excluding ortho intramolecular Hbond substituents is 1. The van der Waals surface area contributed by atoms with E-state index in [1.165, 1.54) is 19.2 Å². The minimum Gasteiger partial charge on any atom is -0.504 e. The highest BCUT2D eigenvalue weighted by Crippen LogP contribution is 2.30. The highest BCUT2D eigenvalue weighted by atomic mass is 19.1. The minimum absolute atomic E-state index is 0.103. The van der Waals surface area contributed by atoms with Crippen molar-refractivity contribution in [3.8, 4) is 11.5 Å². The van der Waals surface area contributed by atoms with Gasteiger partial charge in [0.15, 0.2) is 11.5 Å². The highest BCUT2D eigenvalue weighted by molar-refractivity contribution is 5.53. The highest BCUT2D eigenvalue weighted by Gasteiger charge is 2.07. The molecular weight excluding hydrogens is 245 g/mol. The molecule has 2 rings (SSSR count). The summed E-state index contributed by atoms with van der Waals surface area (Å²) in [5.74, 6) is 0.241. The molecule has 0 aliphatic rings. The zero-order valence-electron chi connectivity index (χ0n) is 10.9. The van der Waals surface area contributed by atoms with Crippen LogP contribution in [0, 0.1) is 12.7 Å². The van der Waals surface area contributed by atoms with Gasteiger partial charge in [0.2, 0.25) is 0 Å². The first-order valence-electron chi connectivity index (χ1n) is 5.96. The first-order valence-corrected chi connectivity index (χ1v) is 5.96. The number of halogens is 1. The largest absolute Gasteiger partial charge is 0.504 e. The molecule has 0 fully saturated rings. The van der Waals surface area contributed by atoms with Gasteiger partial charge in [-0.1, -0.05) is 18.2 Å². The van der Waals surface area contributed by atoms with Crippen LogP contribution >= 0.6 is 0 Å². The van der Waals surface area contributed by atoms with Crippen molar-refractivity contribution >= 4 is 5.69 Å². The number of ether oxygens (including phenoxy) is 1. The molecular formula is C15H16FNO2. The molecule has 2 aromatic rings. The zero-order valence-corrected chi connectivity index (χ0v) is 10.9. The van der Waals surface area contributed by atoms with Gasteiger partial charge in [0, 0.05) is 17.8 Å². The number of methoxy groups -OCH3 is 1. The summed E-state index contributed by atoms with van der Waals surface area (Å²) in [6, 6.07) is 9.85. The summed E-state index contributed by atoms with van der Waals surface area (Å²) in [5.41, 5.74) is 2.36. The number of nitrogens with one attached hydrogen (secondary N) is 1. The lowest BCUT2D eigenvalue weighted by atomic mass is 10.1. The Bertz CT molecular complexity index is 584. The number of phenols is 1. The summed E-state index contributed by atoms with van der Waals surface area (Å²) >= 11 is 0. The van der Waals surface area contributed by atoms with E-state index in [-0.39, 0.29) is 11.6 Å². The van der Waals surface area contributed by atoms with Crippen molar-refractivity contribution in [2.45, 2.75) is 13.5 Å². The number of hydrogen-bond acceptors (Lipinski definition) is 3. The van der Waals surface area contributed by atoms with Crippen LogP contribution in [0.15, 0.2) is 36.4 Å². The molecule has 0 spiro atoms. The lowest BCUT2D eigenvalue weighted by Crippen LogP contribution is -2.02. The minimum atomic E-state index is -0.289. The van der Waals surface area contributed by atoms with Gasteiger partial charge in [-0.2, -0.15) is 0 Å². The molecule has 4 heteroatoms. The summed E-state index contributed by atoms with van der Waals surface area (Å²) < 4.78 is 18.2. The number of benzene rings is 2. The van der Waals surface area contributed by atoms with Gasteiger partial charge in [0.05, 0.1) is 7.11 Å². The molecule has 19 heavy (non-hydrogen) atoms. The number of para-hydroxylation sites is 1. The van der Waals surface area contributed by atoms with Crippen LogP contribution in [-0.4, -0.2) is 12.2 Å². The summed E-state index contributed by atoms with van der Waals surface area (Å²) in [6.07, 6.45) is 0. The fourth-order valence-electron chi connectivity index (χ4n) is 1.85. The topological polar surface area (TPSA) is 41.5 Å². The van der Waals surface area contributed by atoms with Gasteiger partial charge >= 0.3 is 0 Å². The Morgan fingerprint density at radius 1 is 1.26 bits per heavy atom. The Hall–Kier alpha value is -2.23. The molecule has 0 saturated carbocycles. The third-order valence-corrected chi connectivity index (χ3v) is 2.97. The summed E-state index contributed by atoms with van der Waals surface area (Å²) in [7, 11) is 1.50. The SMILES string of the molecule is COc1cccc(CNc2cc(F)ccc2C)c1O. The predicted octanol–water partition coefficient (Wildman–Crippen LogP) is 3.46. The fraction of sp³-hybridized carbons (Fsp3) is 0.200. The first kappa shape index (κ1) is 13.2. The fourth-order valence-corrected chi connectivity index (χ4v) is 1.85. The molecule has 0 aliphatic carbocycles. The number of rotatable bonds is 4. The van der Waals surface area contributed by atoms with E-state index in [1.54, 1.807) is 24.3 Å². The van der Waals surface area contributed by atoms with E-state index < -0.39 is 0 Å². The van der Waals surface area contributed by atoms with Crippen LogP contribution < -0.4 is 10.1 Å². The third-order valence-electron chi connectivity index (χ3n) is 2.97. The predicted molar refractivity (Wildman–Crippen MR) is 73.1 cm³/mol. The Morgan fingerprint density at radius 3 is 2.79 bits per heavy atom. The van der Waals surface area contributed by atoms with Gasteiger partial charge in [-0.3, -0.25) is 0 Å². The van der Waals surface area contributed by atoms with Gasteiger partial charge in [-0.15, -0.1) is 0 Å². The van der Waals surface area contributed by atoms with Crippen molar-refractivity contribution in [1.29, 1.82) is 0 Å². The van der Waals surface area contributed by atoms with E-state index in [1.807, 2.05) is 6.92 Å². The molecule has 0 heterocycles. The second-order valence-electron chi connectivity index (χ2n) is 4.28. The van der Waals surface area contributed by atoms with Crippen molar-refractivity contribution in [1.82, 2.24) is 0 Å². The van der Waals surface area contributed by atoms with Crippen molar-refractivity contribution in [3.63, 3.8) is 0 Å². The number of aromatic hydroxyl groups is 1. The molecule has 0 unspecified atom stereocenters. The second kappa shape index (κ2) is 5.61. The van der Waals surface area contributed by atoms with Crippen LogP contribution in [0.2, 0.25) is 0 Å². The van der Waals surface area contributed by atoms with Gasteiger partial charge in [0.25, 0.3) is 0 Å². The smallest absolute Gasteiger partial charge is 0.162 e. The molecule has 2 aromatic carbocycles. The van der Waals surface area contributed by atoms with Crippen LogP contribution in [0.5, 0.6) is 11.5 Å². The normalized spacial score (nSPS) is 10.3. The molecule has 0 amide bonds. The van der Waals surface area contributed by atoms with E-state index in [0.29, 0.717) is 23.5 Å². The maximum absolute atomic E-state index is 13.2. The van der Waals surface area contributed by atoms with Crippen molar-refractivity contribution in [2.75, 3.05) is 12.4 Å². The maximum atomic E-state index is 13.2. The number of anilines is 1. The average Bonchev–Trinajstić information content (AvgIpc) is 2.41. The standard InChI is InChI=1S/C15H16FNO2/c1-10-6-7-12(16)8-13(10)17-9-11-4-3-5-14(19-2)15(11)18/h3-8,17-18H,9H2,1-2H3. The van der Waals surface area contributed by atoms with Crippen LogP contribution in [-0.2, 0) is 6.54 Å². The first-order chi connectivity index (χ1) is 9.11. The Labute approximate surface area is 111 Å². The summed E-state index contributed by atoms with van der Waals surface area (Å²) in [6.45, 7) is 2.29. The molecule has 0 radical (unpaired) electrons. The van der Waals surface area contributed by atoms with Crippen molar-refractivity contribution in [3.05, 3.63) is 53.3 Å². The van der Waals surface area contributed by atoms with Gasteiger partial charge < -0.3 is 15.2 Å². The van der Waals surface area contributed by atoms with E-state index >= 15 is 0 Å². The molecule has 100 valence electrons. The second-order valence-corrected chi connectivity index (χ2v) is 4.28. The van der Waals surface area contributed by atoms with Gasteiger partial charge in [0.1, 0.15) is 5.82 Å². The number of aryl methyl sites for hydroxylation is 1. The van der Waals surface area contributed by atoms with E-state index in [9.17, 15) is 9.50 Å². The Balaban J connectivity index is 2.17. The molecule has 0 atom stereocenters. The van der Waals surface area contributed by atoms with E-state index in [0.717, 1.165) is 5.56 Å². The molecule has 0 aliphatic heterocycles. The van der Waals surface area contributed by atoms with Crippen LogP contribution in [0.1, 0.15) is 11.1 Å². The monoisotopic (exact) mass is 261 g/mol. The van der Waals surface area contributed by atoms with Crippen molar-refractivity contribution < 1.29 is 14.2 Å². The zero-order chi connectivity index (χ0) is 13.8.